The van der Waals surface area contributed by atoms with E-state index in [2.05, 4.69) is 24.5 Å². The van der Waals surface area contributed by atoms with Gasteiger partial charge in [-0.25, -0.2) is 9.59 Å². The van der Waals surface area contributed by atoms with Crippen LogP contribution in [-0.2, 0) is 9.59 Å². The number of hydrogen-bond acceptors (Lipinski definition) is 3. The van der Waals surface area contributed by atoms with Crippen molar-refractivity contribution in [1.82, 2.24) is 10.6 Å². The van der Waals surface area contributed by atoms with E-state index in [1.165, 1.54) is 0 Å². The fourth-order valence-electron chi connectivity index (χ4n) is 1.64. The van der Waals surface area contributed by atoms with Crippen molar-refractivity contribution in [3.8, 4) is 0 Å². The predicted molar refractivity (Wildman–Crippen MR) is 73.5 cm³/mol. The van der Waals surface area contributed by atoms with Gasteiger partial charge in [0.2, 0.25) is 0 Å². The molecular weight excluding hydrogens is 264 g/mol. The van der Waals surface area contributed by atoms with E-state index in [-0.39, 0.29) is 13.0 Å². The summed E-state index contributed by atoms with van der Waals surface area (Å²) in [5.41, 5.74) is 0. The van der Waals surface area contributed by atoms with Gasteiger partial charge in [0.1, 0.15) is 6.04 Å². The molecule has 0 fully saturated rings. The van der Waals surface area contributed by atoms with Crippen molar-refractivity contribution in [2.45, 2.75) is 52.0 Å². The lowest BCUT2D eigenvalue weighted by Crippen LogP contribution is -2.46. The third-order valence-electron chi connectivity index (χ3n) is 2.73. The molecule has 0 saturated carbocycles. The second-order valence-electron chi connectivity index (χ2n) is 5.11. The van der Waals surface area contributed by atoms with Crippen molar-refractivity contribution in [3.63, 3.8) is 0 Å². The lowest BCUT2D eigenvalue weighted by Gasteiger charge is -2.15. The Labute approximate surface area is 118 Å². The highest BCUT2D eigenvalue weighted by Crippen LogP contribution is 2.08. The minimum Gasteiger partial charge on any atom is -0.481 e. The second kappa shape index (κ2) is 10.1. The normalized spacial score (nSPS) is 11.9. The van der Waals surface area contributed by atoms with Crippen molar-refractivity contribution in [1.29, 1.82) is 0 Å². The molecule has 7 heteroatoms. The van der Waals surface area contributed by atoms with Gasteiger partial charge < -0.3 is 20.8 Å². The van der Waals surface area contributed by atoms with Crippen LogP contribution in [0.3, 0.4) is 0 Å². The third-order valence-corrected chi connectivity index (χ3v) is 2.73. The van der Waals surface area contributed by atoms with Crippen molar-refractivity contribution < 1.29 is 24.6 Å². The molecule has 4 N–H and O–H groups in total. The number of amides is 2. The van der Waals surface area contributed by atoms with Crippen LogP contribution in [0.5, 0.6) is 0 Å². The highest BCUT2D eigenvalue weighted by atomic mass is 16.4. The number of carboxylic acid groups (broad SMARTS) is 2. The van der Waals surface area contributed by atoms with Crippen molar-refractivity contribution >= 4 is 18.0 Å². The van der Waals surface area contributed by atoms with E-state index in [4.69, 9.17) is 10.2 Å². The fraction of sp³-hybridized carbons (Fsp3) is 0.769. The average molecular weight is 288 g/mol. The Morgan fingerprint density at radius 3 is 2.20 bits per heavy atom. The molecule has 2 amide bonds. The molecule has 0 radical (unpaired) electrons. The number of nitrogens with one attached hydrogen (secondary N) is 2. The molecule has 116 valence electrons. The minimum absolute atomic E-state index is 0.0307. The van der Waals surface area contributed by atoms with Crippen LogP contribution < -0.4 is 10.6 Å². The summed E-state index contributed by atoms with van der Waals surface area (Å²) in [7, 11) is 0. The predicted octanol–water partition coefficient (Wildman–Crippen LogP) is 1.43. The smallest absolute Gasteiger partial charge is 0.326 e. The van der Waals surface area contributed by atoms with E-state index in [1.54, 1.807) is 0 Å². The van der Waals surface area contributed by atoms with Crippen LogP contribution in [-0.4, -0.2) is 40.8 Å². The molecule has 0 saturated heterocycles. The van der Waals surface area contributed by atoms with E-state index in [0.29, 0.717) is 18.8 Å². The molecular formula is C13H24N2O5. The summed E-state index contributed by atoms with van der Waals surface area (Å²) in [6, 6.07) is -1.49. The number of carboxylic acids is 2. The summed E-state index contributed by atoms with van der Waals surface area (Å²) in [5.74, 6) is -1.49. The molecule has 7 nitrogen and oxygen atoms in total. The molecule has 20 heavy (non-hydrogen) atoms. The maximum absolute atomic E-state index is 11.5. The first-order valence-electron chi connectivity index (χ1n) is 6.82. The summed E-state index contributed by atoms with van der Waals surface area (Å²) in [6.45, 7) is 4.31. The molecule has 0 rings (SSSR count). The van der Waals surface area contributed by atoms with Crippen LogP contribution in [0, 0.1) is 5.92 Å². The zero-order valence-corrected chi connectivity index (χ0v) is 12.0. The van der Waals surface area contributed by atoms with Gasteiger partial charge in [0.15, 0.2) is 0 Å². The van der Waals surface area contributed by atoms with E-state index in [1.807, 2.05) is 0 Å². The second-order valence-corrected chi connectivity index (χ2v) is 5.11. The molecule has 0 bridgehead atoms. The Morgan fingerprint density at radius 1 is 1.05 bits per heavy atom. The maximum atomic E-state index is 11.5. The number of rotatable bonds is 10. The van der Waals surface area contributed by atoms with Gasteiger partial charge in [-0.3, -0.25) is 4.79 Å². The number of urea groups is 1. The summed E-state index contributed by atoms with van der Waals surface area (Å²) in [4.78, 5) is 32.8. The van der Waals surface area contributed by atoms with E-state index in [0.717, 1.165) is 12.8 Å². The molecule has 0 aromatic carbocycles. The molecule has 0 heterocycles. The summed E-state index contributed by atoms with van der Waals surface area (Å²) in [6.07, 6.45) is 2.31. The molecule has 0 unspecified atom stereocenters. The van der Waals surface area contributed by atoms with Crippen LogP contribution >= 0.6 is 0 Å². The highest BCUT2D eigenvalue weighted by molar-refractivity contribution is 5.82. The third kappa shape index (κ3) is 10.2. The Morgan fingerprint density at radius 2 is 1.70 bits per heavy atom. The van der Waals surface area contributed by atoms with E-state index >= 15 is 0 Å². The number of hydrogen-bond donors (Lipinski definition) is 4. The van der Waals surface area contributed by atoms with Gasteiger partial charge in [-0.15, -0.1) is 0 Å². The molecule has 0 aromatic heterocycles. The van der Waals surface area contributed by atoms with Gasteiger partial charge in [-0.05, 0) is 18.8 Å². The SMILES string of the molecule is CC(C)CCC[C@H](NC(=O)NCCCC(=O)O)C(=O)O. The van der Waals surface area contributed by atoms with Crippen LogP contribution in [0.25, 0.3) is 0 Å². The molecule has 0 aliphatic carbocycles. The largest absolute Gasteiger partial charge is 0.481 e. The Balaban J connectivity index is 3.95. The van der Waals surface area contributed by atoms with E-state index in [9.17, 15) is 14.4 Å². The zero-order chi connectivity index (χ0) is 15.5. The molecule has 0 aliphatic rings. The van der Waals surface area contributed by atoms with Gasteiger partial charge in [-0.2, -0.15) is 0 Å². The zero-order valence-electron chi connectivity index (χ0n) is 12.0. The van der Waals surface area contributed by atoms with Gasteiger partial charge in [0.05, 0.1) is 0 Å². The van der Waals surface area contributed by atoms with Crippen molar-refractivity contribution in [3.05, 3.63) is 0 Å². The molecule has 0 spiro atoms. The summed E-state index contributed by atoms with van der Waals surface area (Å²) in [5, 5.41) is 22.3. The van der Waals surface area contributed by atoms with Gasteiger partial charge in [-0.1, -0.05) is 26.7 Å². The van der Waals surface area contributed by atoms with Gasteiger partial charge >= 0.3 is 18.0 Å². The van der Waals surface area contributed by atoms with E-state index < -0.39 is 24.0 Å². The topological polar surface area (TPSA) is 116 Å². The Bertz CT molecular complexity index is 331. The first-order valence-corrected chi connectivity index (χ1v) is 6.82. The van der Waals surface area contributed by atoms with Crippen LogP contribution in [0.1, 0.15) is 46.0 Å². The minimum atomic E-state index is -1.06. The lowest BCUT2D eigenvalue weighted by atomic mass is 10.0. The number of aliphatic carboxylic acids is 2. The summed E-state index contributed by atoms with van der Waals surface area (Å²) < 4.78 is 0. The van der Waals surface area contributed by atoms with Gasteiger partial charge in [0.25, 0.3) is 0 Å². The first kappa shape index (κ1) is 18.2. The standard InChI is InChI=1S/C13H24N2O5/c1-9(2)5-3-6-10(12(18)19)15-13(20)14-8-4-7-11(16)17/h9-10H,3-8H2,1-2H3,(H,16,17)(H,18,19)(H2,14,15,20)/t10-/m0/s1. The number of carbonyl (C=O) groups excluding carboxylic acids is 1. The molecule has 0 aliphatic heterocycles. The van der Waals surface area contributed by atoms with Crippen LogP contribution in [0.15, 0.2) is 0 Å². The quantitative estimate of drug-likeness (QED) is 0.454. The average Bonchev–Trinajstić information content (AvgIpc) is 2.32. The highest BCUT2D eigenvalue weighted by Gasteiger charge is 2.19. The first-order chi connectivity index (χ1) is 9.32. The van der Waals surface area contributed by atoms with Crippen LogP contribution in [0.4, 0.5) is 4.79 Å². The Hall–Kier alpha value is -1.79. The molecule has 1 atom stereocenters. The molecule has 0 aromatic rings. The van der Waals surface area contributed by atoms with Crippen molar-refractivity contribution in [2.75, 3.05) is 6.54 Å². The van der Waals surface area contributed by atoms with Gasteiger partial charge in [0, 0.05) is 13.0 Å². The monoisotopic (exact) mass is 288 g/mol. The Kier molecular flexibility index (Phi) is 9.15. The fourth-order valence-corrected chi connectivity index (χ4v) is 1.64. The lowest BCUT2D eigenvalue weighted by molar-refractivity contribution is -0.139. The maximum Gasteiger partial charge on any atom is 0.326 e. The number of carbonyl (C=O) groups is 3. The summed E-state index contributed by atoms with van der Waals surface area (Å²) >= 11 is 0. The van der Waals surface area contributed by atoms with Crippen LogP contribution in [0.2, 0.25) is 0 Å². The van der Waals surface area contributed by atoms with Crippen molar-refractivity contribution in [2.24, 2.45) is 5.92 Å².